The molecule has 0 spiro atoms. The molecule has 0 bridgehead atoms. The SMILES string of the molecule is CNCCN(C)C(=O)C(C)Sc1ccc(C)cc1.Cl. The van der Waals surface area contributed by atoms with Gasteiger partial charge in [0.05, 0.1) is 5.25 Å². The number of rotatable bonds is 6. The van der Waals surface area contributed by atoms with Crippen molar-refractivity contribution in [3.8, 4) is 0 Å². The van der Waals surface area contributed by atoms with Crippen molar-refractivity contribution in [2.45, 2.75) is 24.0 Å². The Morgan fingerprint density at radius 2 is 1.95 bits per heavy atom. The highest BCUT2D eigenvalue weighted by Gasteiger charge is 2.17. The van der Waals surface area contributed by atoms with Crippen LogP contribution in [0, 0.1) is 6.92 Å². The number of hydrogen-bond acceptors (Lipinski definition) is 3. The minimum Gasteiger partial charge on any atom is -0.344 e. The van der Waals surface area contributed by atoms with E-state index in [4.69, 9.17) is 0 Å². The fourth-order valence-corrected chi connectivity index (χ4v) is 2.55. The standard InChI is InChI=1S/C14H22N2OS.ClH/c1-11-5-7-13(8-6-11)18-12(2)14(17)16(4)10-9-15-3;/h5-8,12,15H,9-10H2,1-4H3;1H. The van der Waals surface area contributed by atoms with E-state index in [9.17, 15) is 4.79 Å². The van der Waals surface area contributed by atoms with Gasteiger partial charge in [-0.1, -0.05) is 17.7 Å². The molecule has 108 valence electrons. The van der Waals surface area contributed by atoms with Gasteiger partial charge in [0.2, 0.25) is 5.91 Å². The minimum atomic E-state index is -0.0467. The Hall–Kier alpha value is -0.710. The first-order chi connectivity index (χ1) is 8.54. The molecule has 0 aliphatic carbocycles. The van der Waals surface area contributed by atoms with Crippen LogP contribution < -0.4 is 5.32 Å². The van der Waals surface area contributed by atoms with Crippen molar-refractivity contribution in [3.05, 3.63) is 29.8 Å². The van der Waals surface area contributed by atoms with Gasteiger partial charge in [0.15, 0.2) is 0 Å². The number of benzene rings is 1. The molecule has 0 aromatic heterocycles. The third-order valence-electron chi connectivity index (χ3n) is 2.76. The normalized spacial score (nSPS) is 11.6. The Labute approximate surface area is 126 Å². The molecule has 0 aliphatic rings. The van der Waals surface area contributed by atoms with Gasteiger partial charge in [0.25, 0.3) is 0 Å². The highest BCUT2D eigenvalue weighted by atomic mass is 35.5. The van der Waals surface area contributed by atoms with Crippen LogP contribution in [0.5, 0.6) is 0 Å². The molecule has 0 heterocycles. The topological polar surface area (TPSA) is 32.3 Å². The van der Waals surface area contributed by atoms with Crippen LogP contribution in [0.4, 0.5) is 0 Å². The van der Waals surface area contributed by atoms with Crippen LogP contribution in [0.15, 0.2) is 29.2 Å². The molecule has 1 rings (SSSR count). The molecule has 0 fully saturated rings. The van der Waals surface area contributed by atoms with Crippen molar-refractivity contribution >= 4 is 30.1 Å². The third kappa shape index (κ3) is 6.32. The second-order valence-electron chi connectivity index (χ2n) is 4.44. The number of carbonyl (C=O) groups is 1. The number of aryl methyl sites for hydroxylation is 1. The largest absolute Gasteiger partial charge is 0.344 e. The van der Waals surface area contributed by atoms with Gasteiger partial charge >= 0.3 is 0 Å². The molecule has 1 aromatic carbocycles. The monoisotopic (exact) mass is 302 g/mol. The van der Waals surface area contributed by atoms with E-state index in [0.29, 0.717) is 0 Å². The lowest BCUT2D eigenvalue weighted by molar-refractivity contribution is -0.128. The maximum Gasteiger partial charge on any atom is 0.235 e. The van der Waals surface area contributed by atoms with Gasteiger partial charge in [0.1, 0.15) is 0 Å². The maximum atomic E-state index is 12.1. The van der Waals surface area contributed by atoms with Crippen LogP contribution in [0.1, 0.15) is 12.5 Å². The first-order valence-corrected chi connectivity index (χ1v) is 7.05. The van der Waals surface area contributed by atoms with E-state index in [1.165, 1.54) is 5.56 Å². The Balaban J connectivity index is 0.00000324. The quantitative estimate of drug-likeness (QED) is 0.820. The molecule has 1 amide bonds. The molecule has 3 nitrogen and oxygen atoms in total. The van der Waals surface area contributed by atoms with E-state index < -0.39 is 0 Å². The summed E-state index contributed by atoms with van der Waals surface area (Å²) in [6.07, 6.45) is 0. The number of nitrogens with zero attached hydrogens (tertiary/aromatic N) is 1. The molecule has 0 saturated carbocycles. The molecular formula is C14H23ClN2OS. The summed E-state index contributed by atoms with van der Waals surface area (Å²) in [4.78, 5) is 15.0. The zero-order valence-corrected chi connectivity index (χ0v) is 13.6. The van der Waals surface area contributed by atoms with Crippen LogP contribution in [0.2, 0.25) is 0 Å². The highest BCUT2D eigenvalue weighted by molar-refractivity contribution is 8.00. The second kappa shape index (κ2) is 9.23. The van der Waals surface area contributed by atoms with E-state index in [1.54, 1.807) is 16.7 Å². The van der Waals surface area contributed by atoms with Crippen LogP contribution >= 0.6 is 24.2 Å². The lowest BCUT2D eigenvalue weighted by atomic mass is 10.2. The zero-order chi connectivity index (χ0) is 13.5. The van der Waals surface area contributed by atoms with Crippen molar-refractivity contribution in [1.29, 1.82) is 0 Å². The number of carbonyl (C=O) groups excluding carboxylic acids is 1. The van der Waals surface area contributed by atoms with Crippen molar-refractivity contribution < 1.29 is 4.79 Å². The van der Waals surface area contributed by atoms with Gasteiger partial charge in [-0.2, -0.15) is 0 Å². The molecule has 5 heteroatoms. The fourth-order valence-electron chi connectivity index (χ4n) is 1.57. The van der Waals surface area contributed by atoms with E-state index in [0.717, 1.165) is 18.0 Å². The van der Waals surface area contributed by atoms with Crippen LogP contribution in [-0.4, -0.2) is 43.2 Å². The third-order valence-corrected chi connectivity index (χ3v) is 3.85. The lowest BCUT2D eigenvalue weighted by Crippen LogP contribution is -2.37. The lowest BCUT2D eigenvalue weighted by Gasteiger charge is -2.21. The van der Waals surface area contributed by atoms with Crippen molar-refractivity contribution in [2.24, 2.45) is 0 Å². The molecule has 1 unspecified atom stereocenters. The number of hydrogen-bond donors (Lipinski definition) is 1. The van der Waals surface area contributed by atoms with Gasteiger partial charge in [0, 0.05) is 25.0 Å². The average Bonchev–Trinajstić information content (AvgIpc) is 2.37. The smallest absolute Gasteiger partial charge is 0.235 e. The second-order valence-corrected chi connectivity index (χ2v) is 5.85. The summed E-state index contributed by atoms with van der Waals surface area (Å²) in [6, 6.07) is 8.28. The molecule has 1 atom stereocenters. The predicted molar refractivity (Wildman–Crippen MR) is 85.3 cm³/mol. The predicted octanol–water partition coefficient (Wildman–Crippen LogP) is 2.58. The summed E-state index contributed by atoms with van der Waals surface area (Å²) in [7, 11) is 3.74. The molecule has 0 aliphatic heterocycles. The molecule has 19 heavy (non-hydrogen) atoms. The summed E-state index contributed by atoms with van der Waals surface area (Å²) >= 11 is 1.61. The number of thioether (sulfide) groups is 1. The van der Waals surface area contributed by atoms with Crippen molar-refractivity contribution in [2.75, 3.05) is 27.2 Å². The molecule has 0 radical (unpaired) electrons. The molecule has 0 saturated heterocycles. The number of likely N-dealkylation sites (N-methyl/N-ethyl adjacent to an activating group) is 2. The summed E-state index contributed by atoms with van der Waals surface area (Å²) in [5.74, 6) is 0.177. The van der Waals surface area contributed by atoms with Crippen LogP contribution in [-0.2, 0) is 4.79 Å². The Morgan fingerprint density at radius 3 is 2.47 bits per heavy atom. The summed E-state index contributed by atoms with van der Waals surface area (Å²) in [5.41, 5.74) is 1.24. The first-order valence-electron chi connectivity index (χ1n) is 6.17. The zero-order valence-electron chi connectivity index (χ0n) is 12.0. The Morgan fingerprint density at radius 1 is 1.37 bits per heavy atom. The van der Waals surface area contributed by atoms with Crippen LogP contribution in [0.25, 0.3) is 0 Å². The molecule has 1 aromatic rings. The summed E-state index contributed by atoms with van der Waals surface area (Å²) in [5, 5.41) is 3.00. The van der Waals surface area contributed by atoms with Crippen molar-refractivity contribution in [1.82, 2.24) is 10.2 Å². The van der Waals surface area contributed by atoms with E-state index >= 15 is 0 Å². The number of halogens is 1. The van der Waals surface area contributed by atoms with Gasteiger partial charge in [-0.15, -0.1) is 24.2 Å². The minimum absolute atomic E-state index is 0. The number of nitrogens with one attached hydrogen (secondary N) is 1. The first kappa shape index (κ1) is 18.3. The van der Waals surface area contributed by atoms with E-state index in [2.05, 4.69) is 36.5 Å². The van der Waals surface area contributed by atoms with Gasteiger partial charge in [-0.3, -0.25) is 4.79 Å². The molecular weight excluding hydrogens is 280 g/mol. The van der Waals surface area contributed by atoms with Crippen LogP contribution in [0.3, 0.4) is 0 Å². The van der Waals surface area contributed by atoms with Gasteiger partial charge in [-0.25, -0.2) is 0 Å². The van der Waals surface area contributed by atoms with E-state index in [1.807, 2.05) is 21.0 Å². The van der Waals surface area contributed by atoms with Gasteiger partial charge < -0.3 is 10.2 Å². The summed E-state index contributed by atoms with van der Waals surface area (Å²) in [6.45, 7) is 5.59. The average molecular weight is 303 g/mol. The summed E-state index contributed by atoms with van der Waals surface area (Å²) < 4.78 is 0. The fraction of sp³-hybridized carbons (Fsp3) is 0.500. The van der Waals surface area contributed by atoms with Crippen molar-refractivity contribution in [3.63, 3.8) is 0 Å². The highest BCUT2D eigenvalue weighted by Crippen LogP contribution is 2.24. The molecule has 1 N–H and O–H groups in total. The number of amides is 1. The Kier molecular flexibility index (Phi) is 8.89. The van der Waals surface area contributed by atoms with Gasteiger partial charge in [-0.05, 0) is 33.0 Å². The Bertz CT molecular complexity index is 384. The maximum absolute atomic E-state index is 12.1. The van der Waals surface area contributed by atoms with E-state index in [-0.39, 0.29) is 23.6 Å².